The van der Waals surface area contributed by atoms with Crippen LogP contribution in [0.3, 0.4) is 0 Å². The van der Waals surface area contributed by atoms with E-state index in [9.17, 15) is 17.4 Å². The summed E-state index contributed by atoms with van der Waals surface area (Å²) in [7, 11) is -1.94. The summed E-state index contributed by atoms with van der Waals surface area (Å²) >= 11 is 5.66. The third-order valence-electron chi connectivity index (χ3n) is 2.20. The highest BCUT2D eigenvalue weighted by atomic mass is 35.5. The van der Waals surface area contributed by atoms with Crippen molar-refractivity contribution in [2.24, 2.45) is 0 Å². The van der Waals surface area contributed by atoms with Gasteiger partial charge in [-0.3, -0.25) is 3.97 Å². The van der Waals surface area contributed by atoms with Gasteiger partial charge in [0.15, 0.2) is 11.0 Å². The molecule has 2 aromatic rings. The van der Waals surface area contributed by atoms with E-state index in [-0.39, 0.29) is 4.90 Å². The van der Waals surface area contributed by atoms with E-state index < -0.39 is 22.9 Å². The monoisotopic (exact) mass is 293 g/mol. The van der Waals surface area contributed by atoms with Crippen molar-refractivity contribution in [2.75, 3.05) is 0 Å². The first kappa shape index (κ1) is 13.2. The molecule has 0 amide bonds. The summed E-state index contributed by atoms with van der Waals surface area (Å²) in [5, 5.41) is 0.430. The highest BCUT2D eigenvalue weighted by molar-refractivity contribution is 7.83. The first-order chi connectivity index (χ1) is 8.39. The van der Waals surface area contributed by atoms with E-state index in [2.05, 4.69) is 0 Å². The highest BCUT2D eigenvalue weighted by Gasteiger charge is 2.35. The molecule has 0 saturated carbocycles. The molecule has 0 fully saturated rings. The van der Waals surface area contributed by atoms with Crippen LogP contribution in [-0.4, -0.2) is 8.18 Å². The van der Waals surface area contributed by atoms with Gasteiger partial charge in [0.25, 0.3) is 0 Å². The van der Waals surface area contributed by atoms with Crippen LogP contribution in [0.1, 0.15) is 5.69 Å². The van der Waals surface area contributed by atoms with Gasteiger partial charge in [0.1, 0.15) is 5.69 Å². The van der Waals surface area contributed by atoms with E-state index in [4.69, 9.17) is 11.6 Å². The molecule has 1 aromatic carbocycles. The second kappa shape index (κ2) is 4.78. The van der Waals surface area contributed by atoms with Gasteiger partial charge in [-0.15, -0.1) is 0 Å². The van der Waals surface area contributed by atoms with Gasteiger partial charge >= 0.3 is 6.18 Å². The fourth-order valence-corrected chi connectivity index (χ4v) is 2.64. The molecule has 0 aliphatic heterocycles. The zero-order valence-electron chi connectivity index (χ0n) is 8.82. The number of halogens is 4. The Hall–Kier alpha value is -1.27. The number of rotatable bonds is 2. The van der Waals surface area contributed by atoms with E-state index in [1.807, 2.05) is 0 Å². The van der Waals surface area contributed by atoms with Crippen molar-refractivity contribution in [1.29, 1.82) is 0 Å². The smallest absolute Gasteiger partial charge is 0.258 e. The first-order valence-electron chi connectivity index (χ1n) is 4.82. The van der Waals surface area contributed by atoms with Crippen molar-refractivity contribution in [3.8, 4) is 0 Å². The molecule has 7 heteroatoms. The van der Waals surface area contributed by atoms with Gasteiger partial charge in [-0.2, -0.15) is 13.2 Å². The maximum absolute atomic E-state index is 12.6. The molecule has 0 radical (unpaired) electrons. The Labute approximate surface area is 109 Å². The summed E-state index contributed by atoms with van der Waals surface area (Å²) in [4.78, 5) is 0.251. The number of alkyl halides is 3. The molecule has 96 valence electrons. The maximum atomic E-state index is 12.6. The summed E-state index contributed by atoms with van der Waals surface area (Å²) in [5.74, 6) is 0. The molecule has 0 saturated heterocycles. The fourth-order valence-electron chi connectivity index (χ4n) is 1.39. The lowest BCUT2D eigenvalue weighted by atomic mass is 10.4. The van der Waals surface area contributed by atoms with Crippen LogP contribution in [0.5, 0.6) is 0 Å². The van der Waals surface area contributed by atoms with Crippen LogP contribution in [0.25, 0.3) is 0 Å². The number of benzene rings is 1. The van der Waals surface area contributed by atoms with Crippen molar-refractivity contribution in [3.63, 3.8) is 0 Å². The molecule has 0 spiro atoms. The normalized spacial score (nSPS) is 13.6. The Morgan fingerprint density at radius 1 is 1.11 bits per heavy atom. The Morgan fingerprint density at radius 3 is 2.28 bits per heavy atom. The molecular weight excluding hydrogens is 287 g/mol. The Morgan fingerprint density at radius 2 is 1.72 bits per heavy atom. The van der Waals surface area contributed by atoms with Crippen molar-refractivity contribution < 1.29 is 17.4 Å². The second-order valence-electron chi connectivity index (χ2n) is 3.42. The minimum absolute atomic E-state index is 0.251. The second-order valence-corrected chi connectivity index (χ2v) is 5.22. The van der Waals surface area contributed by atoms with Gasteiger partial charge in [0.2, 0.25) is 0 Å². The highest BCUT2D eigenvalue weighted by Crippen LogP contribution is 2.30. The van der Waals surface area contributed by atoms with E-state index in [0.717, 1.165) is 12.3 Å². The van der Waals surface area contributed by atoms with Crippen molar-refractivity contribution in [2.45, 2.75) is 11.1 Å². The molecule has 1 atom stereocenters. The summed E-state index contributed by atoms with van der Waals surface area (Å²) < 4.78 is 50.6. The Kier molecular flexibility index (Phi) is 3.49. The first-order valence-corrected chi connectivity index (χ1v) is 6.30. The lowest BCUT2D eigenvalue weighted by Gasteiger charge is -2.11. The van der Waals surface area contributed by atoms with Crippen LogP contribution in [-0.2, 0) is 17.2 Å². The van der Waals surface area contributed by atoms with Gasteiger partial charge in [-0.05, 0) is 36.4 Å². The zero-order valence-corrected chi connectivity index (χ0v) is 10.4. The van der Waals surface area contributed by atoms with Crippen LogP contribution in [0.2, 0.25) is 5.02 Å². The third-order valence-corrected chi connectivity index (χ3v) is 3.80. The van der Waals surface area contributed by atoms with Gasteiger partial charge < -0.3 is 0 Å². The molecule has 1 aromatic heterocycles. The number of nitrogens with zero attached hydrogens (tertiary/aromatic N) is 1. The lowest BCUT2D eigenvalue weighted by Crippen LogP contribution is -2.15. The van der Waals surface area contributed by atoms with E-state index in [1.54, 1.807) is 0 Å². The van der Waals surface area contributed by atoms with Crippen LogP contribution in [0.15, 0.2) is 47.5 Å². The summed E-state index contributed by atoms with van der Waals surface area (Å²) in [6.45, 7) is 0. The van der Waals surface area contributed by atoms with Gasteiger partial charge in [0, 0.05) is 11.2 Å². The summed E-state index contributed by atoms with van der Waals surface area (Å²) in [5.41, 5.74) is -0.948. The molecule has 1 heterocycles. The van der Waals surface area contributed by atoms with Gasteiger partial charge in [-0.1, -0.05) is 11.6 Å². The summed E-state index contributed by atoms with van der Waals surface area (Å²) in [6, 6.07) is 7.90. The van der Waals surface area contributed by atoms with Crippen LogP contribution >= 0.6 is 11.6 Å². The Bertz CT molecular complexity index is 577. The average molecular weight is 294 g/mol. The molecule has 0 aliphatic carbocycles. The molecule has 0 N–H and O–H groups in total. The van der Waals surface area contributed by atoms with Gasteiger partial charge in [0.05, 0.1) is 4.90 Å². The number of aromatic nitrogens is 1. The summed E-state index contributed by atoms with van der Waals surface area (Å²) in [6.07, 6.45) is -3.40. The average Bonchev–Trinajstić information content (AvgIpc) is 2.77. The zero-order chi connectivity index (χ0) is 13.3. The molecular formula is C11H7ClF3NOS. The number of hydrogen-bond donors (Lipinski definition) is 0. The van der Waals surface area contributed by atoms with Crippen molar-refractivity contribution >= 4 is 22.6 Å². The molecule has 1 unspecified atom stereocenters. The minimum Gasteiger partial charge on any atom is -0.258 e. The quantitative estimate of drug-likeness (QED) is 0.827. The standard InChI is InChI=1S/C11H7ClF3NOS/c12-8-3-5-9(6-4-8)18(17)16-7-1-2-10(16)11(13,14)15/h1-7H. The topological polar surface area (TPSA) is 22.0 Å². The Balaban J connectivity index is 2.41. The predicted molar refractivity (Wildman–Crippen MR) is 62.7 cm³/mol. The molecule has 0 aliphatic rings. The van der Waals surface area contributed by atoms with Crippen LogP contribution < -0.4 is 0 Å². The van der Waals surface area contributed by atoms with Crippen LogP contribution in [0, 0.1) is 0 Å². The largest absolute Gasteiger partial charge is 0.432 e. The van der Waals surface area contributed by atoms with Crippen LogP contribution in [0.4, 0.5) is 13.2 Å². The predicted octanol–water partition coefficient (Wildman–Crippen LogP) is 3.73. The molecule has 2 nitrogen and oxygen atoms in total. The SMILES string of the molecule is O=S(c1ccc(Cl)cc1)n1cccc1C(F)(F)F. The molecule has 2 rings (SSSR count). The van der Waals surface area contributed by atoms with E-state index in [0.29, 0.717) is 9.00 Å². The number of hydrogen-bond acceptors (Lipinski definition) is 1. The molecule has 18 heavy (non-hydrogen) atoms. The third kappa shape index (κ3) is 2.59. The van der Waals surface area contributed by atoms with E-state index >= 15 is 0 Å². The fraction of sp³-hybridized carbons (Fsp3) is 0.0909. The minimum atomic E-state index is -4.54. The van der Waals surface area contributed by atoms with Crippen molar-refractivity contribution in [3.05, 3.63) is 53.3 Å². The van der Waals surface area contributed by atoms with E-state index in [1.165, 1.54) is 30.3 Å². The lowest BCUT2D eigenvalue weighted by molar-refractivity contribution is -0.141. The van der Waals surface area contributed by atoms with Crippen molar-refractivity contribution in [1.82, 2.24) is 3.97 Å². The maximum Gasteiger partial charge on any atom is 0.432 e. The van der Waals surface area contributed by atoms with Gasteiger partial charge in [-0.25, -0.2) is 4.21 Å². The molecule has 0 bridgehead atoms.